The molecule has 8 heteroatoms. The minimum Gasteiger partial charge on any atom is -0.384 e. The number of piperazine rings is 1. The number of rotatable bonds is 7. The summed E-state index contributed by atoms with van der Waals surface area (Å²) in [4.78, 5) is 13.9. The molecule has 1 fully saturated rings. The van der Waals surface area contributed by atoms with Crippen molar-refractivity contribution in [3.8, 4) is 0 Å². The highest BCUT2D eigenvalue weighted by Gasteiger charge is 2.23. The first kappa shape index (κ1) is 21.5. The molecule has 1 atom stereocenters. The van der Waals surface area contributed by atoms with Gasteiger partial charge in [-0.05, 0) is 61.0 Å². The summed E-state index contributed by atoms with van der Waals surface area (Å²) in [6, 6.07) is 6.08. The fourth-order valence-electron chi connectivity index (χ4n) is 3.21. The van der Waals surface area contributed by atoms with Gasteiger partial charge in [-0.3, -0.25) is 0 Å². The second-order valence-corrected chi connectivity index (χ2v) is 8.43. The number of aliphatic imine (C=N–C) groups is 1. The van der Waals surface area contributed by atoms with Crippen LogP contribution in [0, 0.1) is 0 Å². The molecule has 3 N–H and O–H groups in total. The van der Waals surface area contributed by atoms with Gasteiger partial charge in [0.1, 0.15) is 11.4 Å². The van der Waals surface area contributed by atoms with Gasteiger partial charge in [0, 0.05) is 38.9 Å². The SMILES string of the molecule is CCNC(=NCc1ccnc(N2CCN(C)CC2)c1)NCC(C)(O)c1ccsc1. The van der Waals surface area contributed by atoms with Crippen LogP contribution in [0.5, 0.6) is 0 Å². The summed E-state index contributed by atoms with van der Waals surface area (Å²) in [5.41, 5.74) is 1.09. The molecule has 0 bridgehead atoms. The molecular formula is C21H32N6OS. The molecule has 1 aliphatic rings. The van der Waals surface area contributed by atoms with E-state index >= 15 is 0 Å². The van der Waals surface area contributed by atoms with Gasteiger partial charge >= 0.3 is 0 Å². The Balaban J connectivity index is 1.62. The third kappa shape index (κ3) is 6.16. The maximum Gasteiger partial charge on any atom is 0.191 e. The zero-order valence-electron chi connectivity index (χ0n) is 17.6. The van der Waals surface area contributed by atoms with Crippen molar-refractivity contribution < 1.29 is 5.11 Å². The van der Waals surface area contributed by atoms with Crippen LogP contribution >= 0.6 is 11.3 Å². The Kier molecular flexibility index (Phi) is 7.46. The second-order valence-electron chi connectivity index (χ2n) is 7.65. The van der Waals surface area contributed by atoms with Gasteiger partial charge in [-0.1, -0.05) is 0 Å². The summed E-state index contributed by atoms with van der Waals surface area (Å²) < 4.78 is 0. The summed E-state index contributed by atoms with van der Waals surface area (Å²) in [5, 5.41) is 21.2. The lowest BCUT2D eigenvalue weighted by Crippen LogP contribution is -2.44. The van der Waals surface area contributed by atoms with Gasteiger partial charge < -0.3 is 25.5 Å². The molecule has 0 amide bonds. The summed E-state index contributed by atoms with van der Waals surface area (Å²) >= 11 is 1.59. The molecule has 1 unspecified atom stereocenters. The average molecular weight is 417 g/mol. The predicted molar refractivity (Wildman–Crippen MR) is 121 cm³/mol. The van der Waals surface area contributed by atoms with Gasteiger partial charge in [-0.15, -0.1) is 0 Å². The first-order chi connectivity index (χ1) is 14.0. The van der Waals surface area contributed by atoms with Crippen molar-refractivity contribution in [3.63, 3.8) is 0 Å². The third-order valence-electron chi connectivity index (χ3n) is 5.14. The van der Waals surface area contributed by atoms with Crippen LogP contribution < -0.4 is 15.5 Å². The van der Waals surface area contributed by atoms with E-state index < -0.39 is 5.60 Å². The Bertz CT molecular complexity index is 784. The predicted octanol–water partition coefficient (Wildman–Crippen LogP) is 1.86. The van der Waals surface area contributed by atoms with Gasteiger partial charge in [-0.2, -0.15) is 11.3 Å². The number of likely N-dealkylation sites (N-methyl/N-ethyl adjacent to an activating group) is 1. The smallest absolute Gasteiger partial charge is 0.191 e. The van der Waals surface area contributed by atoms with Crippen LogP contribution in [-0.2, 0) is 12.1 Å². The number of nitrogens with one attached hydrogen (secondary N) is 2. The van der Waals surface area contributed by atoms with E-state index in [9.17, 15) is 5.11 Å². The lowest BCUT2D eigenvalue weighted by Gasteiger charge is -2.33. The summed E-state index contributed by atoms with van der Waals surface area (Å²) in [5.74, 6) is 1.71. The number of pyridine rings is 1. The highest BCUT2D eigenvalue weighted by Crippen LogP contribution is 2.22. The molecule has 0 radical (unpaired) electrons. The van der Waals surface area contributed by atoms with E-state index in [0.717, 1.165) is 49.7 Å². The lowest BCUT2D eigenvalue weighted by molar-refractivity contribution is 0.0621. The summed E-state index contributed by atoms with van der Waals surface area (Å²) in [6.07, 6.45) is 1.86. The molecule has 3 rings (SSSR count). The van der Waals surface area contributed by atoms with E-state index in [1.54, 1.807) is 11.3 Å². The Morgan fingerprint density at radius 2 is 2.07 bits per heavy atom. The van der Waals surface area contributed by atoms with E-state index in [1.807, 2.05) is 42.9 Å². The summed E-state index contributed by atoms with van der Waals surface area (Å²) in [7, 11) is 2.15. The Morgan fingerprint density at radius 1 is 1.28 bits per heavy atom. The molecule has 7 nitrogen and oxygen atoms in total. The maximum atomic E-state index is 10.7. The standard InChI is InChI=1S/C21H32N6OS/c1-4-22-20(25-16-21(2,28)18-6-12-29-15-18)24-14-17-5-7-23-19(13-17)27-10-8-26(3)9-11-27/h5-7,12-13,15,28H,4,8-11,14,16H2,1-3H3,(H2,22,24,25). The molecule has 2 aromatic heterocycles. The minimum absolute atomic E-state index is 0.387. The molecule has 0 spiro atoms. The first-order valence-corrected chi connectivity index (χ1v) is 11.1. The van der Waals surface area contributed by atoms with E-state index in [1.165, 1.54) is 0 Å². The zero-order chi connectivity index (χ0) is 20.7. The van der Waals surface area contributed by atoms with Crippen molar-refractivity contribution in [1.82, 2.24) is 20.5 Å². The van der Waals surface area contributed by atoms with Gasteiger partial charge in [-0.25, -0.2) is 9.98 Å². The molecule has 29 heavy (non-hydrogen) atoms. The monoisotopic (exact) mass is 416 g/mol. The average Bonchev–Trinajstić information content (AvgIpc) is 3.27. The molecule has 158 valence electrons. The van der Waals surface area contributed by atoms with Crippen molar-refractivity contribution in [2.45, 2.75) is 26.0 Å². The van der Waals surface area contributed by atoms with E-state index in [0.29, 0.717) is 19.0 Å². The Hall–Kier alpha value is -2.16. The van der Waals surface area contributed by atoms with E-state index in [2.05, 4.69) is 38.5 Å². The largest absolute Gasteiger partial charge is 0.384 e. The van der Waals surface area contributed by atoms with Crippen molar-refractivity contribution in [2.75, 3.05) is 51.2 Å². The Labute approximate surface area is 177 Å². The van der Waals surface area contributed by atoms with Crippen molar-refractivity contribution in [1.29, 1.82) is 0 Å². The van der Waals surface area contributed by atoms with Crippen LogP contribution in [0.4, 0.5) is 5.82 Å². The number of hydrogen-bond acceptors (Lipinski definition) is 6. The number of hydrogen-bond donors (Lipinski definition) is 3. The fraction of sp³-hybridized carbons (Fsp3) is 0.524. The number of nitrogens with zero attached hydrogens (tertiary/aromatic N) is 4. The topological polar surface area (TPSA) is 76.0 Å². The molecule has 0 aromatic carbocycles. The molecule has 1 aliphatic heterocycles. The van der Waals surface area contributed by atoms with Crippen LogP contribution in [0.1, 0.15) is 25.0 Å². The van der Waals surface area contributed by atoms with Crippen LogP contribution in [0.3, 0.4) is 0 Å². The second kappa shape index (κ2) is 10.0. The number of aliphatic hydroxyl groups is 1. The van der Waals surface area contributed by atoms with Crippen LogP contribution in [0.25, 0.3) is 0 Å². The highest BCUT2D eigenvalue weighted by atomic mass is 32.1. The first-order valence-electron chi connectivity index (χ1n) is 10.1. The molecule has 2 aromatic rings. The molecule has 3 heterocycles. The molecule has 0 aliphatic carbocycles. The number of thiophene rings is 1. The fourth-order valence-corrected chi connectivity index (χ4v) is 3.99. The normalized spacial score (nSPS) is 17.8. The highest BCUT2D eigenvalue weighted by molar-refractivity contribution is 7.08. The molecule has 1 saturated heterocycles. The van der Waals surface area contributed by atoms with Crippen LogP contribution in [0.15, 0.2) is 40.1 Å². The number of guanidine groups is 1. The summed E-state index contributed by atoms with van der Waals surface area (Å²) in [6.45, 7) is 9.66. The van der Waals surface area contributed by atoms with Crippen LogP contribution in [0.2, 0.25) is 0 Å². The van der Waals surface area contributed by atoms with E-state index in [4.69, 9.17) is 4.99 Å². The van der Waals surface area contributed by atoms with Crippen molar-refractivity contribution >= 4 is 23.1 Å². The quantitative estimate of drug-likeness (QED) is 0.473. The van der Waals surface area contributed by atoms with Gasteiger partial charge in [0.25, 0.3) is 0 Å². The molecular weight excluding hydrogens is 384 g/mol. The Morgan fingerprint density at radius 3 is 2.76 bits per heavy atom. The number of anilines is 1. The van der Waals surface area contributed by atoms with Gasteiger partial charge in [0.2, 0.25) is 0 Å². The lowest BCUT2D eigenvalue weighted by atomic mass is 9.99. The molecule has 0 saturated carbocycles. The van der Waals surface area contributed by atoms with Crippen molar-refractivity contribution in [3.05, 3.63) is 46.3 Å². The van der Waals surface area contributed by atoms with Crippen molar-refractivity contribution in [2.24, 2.45) is 4.99 Å². The minimum atomic E-state index is -0.943. The third-order valence-corrected chi connectivity index (χ3v) is 5.83. The van der Waals surface area contributed by atoms with Gasteiger partial charge in [0.15, 0.2) is 5.96 Å². The number of aromatic nitrogens is 1. The maximum absolute atomic E-state index is 10.7. The van der Waals surface area contributed by atoms with E-state index in [-0.39, 0.29) is 0 Å². The zero-order valence-corrected chi connectivity index (χ0v) is 18.4. The van der Waals surface area contributed by atoms with Crippen LogP contribution in [-0.4, -0.2) is 67.3 Å². The van der Waals surface area contributed by atoms with Gasteiger partial charge in [0.05, 0.1) is 13.1 Å².